The first-order valence-electron chi connectivity index (χ1n) is 9.91. The molecular formula is C22H26N4OS. The maximum Gasteiger partial charge on any atom is 0.223 e. The molecule has 0 saturated carbocycles. The second-order valence-electron chi connectivity index (χ2n) is 7.60. The molecule has 1 aromatic carbocycles. The number of carbonyl (C=O) groups excluding carboxylic acids is 1. The van der Waals surface area contributed by atoms with Crippen LogP contribution in [0, 0.1) is 0 Å². The van der Waals surface area contributed by atoms with Gasteiger partial charge in [-0.05, 0) is 34.9 Å². The highest BCUT2D eigenvalue weighted by molar-refractivity contribution is 7.16. The van der Waals surface area contributed by atoms with Crippen molar-refractivity contribution in [2.24, 2.45) is 0 Å². The maximum atomic E-state index is 12.6. The average molecular weight is 395 g/mol. The third-order valence-electron chi connectivity index (χ3n) is 5.45. The third kappa shape index (κ3) is 4.02. The lowest BCUT2D eigenvalue weighted by Crippen LogP contribution is -2.49. The summed E-state index contributed by atoms with van der Waals surface area (Å²) in [5.74, 6) is 1.77. The van der Waals surface area contributed by atoms with E-state index in [4.69, 9.17) is 0 Å². The Labute approximate surface area is 170 Å². The quantitative estimate of drug-likeness (QED) is 0.654. The molecule has 28 heavy (non-hydrogen) atoms. The van der Waals surface area contributed by atoms with Crippen LogP contribution in [0.3, 0.4) is 0 Å². The Balaban J connectivity index is 1.31. The van der Waals surface area contributed by atoms with Crippen molar-refractivity contribution in [1.29, 1.82) is 0 Å². The van der Waals surface area contributed by atoms with Crippen molar-refractivity contribution in [2.75, 3.05) is 31.1 Å². The molecule has 1 aliphatic heterocycles. The highest BCUT2D eigenvalue weighted by Gasteiger charge is 2.23. The normalized spacial score (nSPS) is 14.8. The average Bonchev–Trinajstić information content (AvgIpc) is 3.21. The smallest absolute Gasteiger partial charge is 0.223 e. The Morgan fingerprint density at radius 2 is 1.82 bits per heavy atom. The minimum Gasteiger partial charge on any atom is -0.352 e. The number of hydrogen-bond acceptors (Lipinski definition) is 5. The number of thiophene rings is 1. The molecule has 0 atom stereocenters. The highest BCUT2D eigenvalue weighted by atomic mass is 32.1. The summed E-state index contributed by atoms with van der Waals surface area (Å²) in [7, 11) is 0. The molecular weight excluding hydrogens is 368 g/mol. The van der Waals surface area contributed by atoms with Crippen LogP contribution >= 0.6 is 11.3 Å². The summed E-state index contributed by atoms with van der Waals surface area (Å²) < 4.78 is 0. The van der Waals surface area contributed by atoms with Gasteiger partial charge in [0.25, 0.3) is 0 Å². The molecule has 4 rings (SSSR count). The Kier molecular flexibility index (Phi) is 5.57. The van der Waals surface area contributed by atoms with Gasteiger partial charge in [-0.2, -0.15) is 0 Å². The first kappa shape index (κ1) is 18.9. The van der Waals surface area contributed by atoms with Gasteiger partial charge >= 0.3 is 0 Å². The number of aromatic nitrogens is 2. The van der Waals surface area contributed by atoms with Crippen LogP contribution in [0.5, 0.6) is 0 Å². The molecule has 0 aliphatic carbocycles. The Morgan fingerprint density at radius 3 is 2.54 bits per heavy atom. The van der Waals surface area contributed by atoms with Gasteiger partial charge in [0.05, 0.1) is 5.39 Å². The van der Waals surface area contributed by atoms with Crippen LogP contribution in [0.25, 0.3) is 10.2 Å². The summed E-state index contributed by atoms with van der Waals surface area (Å²) in [5, 5.41) is 3.16. The fourth-order valence-corrected chi connectivity index (χ4v) is 4.40. The molecule has 3 aromatic rings. The van der Waals surface area contributed by atoms with Gasteiger partial charge in [0.2, 0.25) is 5.91 Å². The van der Waals surface area contributed by atoms with Crippen LogP contribution < -0.4 is 4.90 Å². The zero-order chi connectivity index (χ0) is 19.5. The minimum atomic E-state index is 0.246. The molecule has 0 bridgehead atoms. The van der Waals surface area contributed by atoms with E-state index in [1.807, 2.05) is 4.90 Å². The van der Waals surface area contributed by atoms with Crippen LogP contribution in [0.1, 0.15) is 37.3 Å². The summed E-state index contributed by atoms with van der Waals surface area (Å²) in [5.41, 5.74) is 2.58. The molecule has 1 fully saturated rings. The van der Waals surface area contributed by atoms with Crippen LogP contribution in [-0.2, 0) is 11.2 Å². The fourth-order valence-electron chi connectivity index (χ4n) is 3.68. The topological polar surface area (TPSA) is 49.3 Å². The highest BCUT2D eigenvalue weighted by Crippen LogP contribution is 2.27. The first-order valence-corrected chi connectivity index (χ1v) is 10.8. The number of hydrogen-bond donors (Lipinski definition) is 0. The number of anilines is 1. The SMILES string of the molecule is CC(C)c1ccc(CCC(=O)N2CCN(c3ncnc4sccc34)CC2)cc1. The zero-order valence-electron chi connectivity index (χ0n) is 16.5. The predicted octanol–water partition coefficient (Wildman–Crippen LogP) is 4.10. The summed E-state index contributed by atoms with van der Waals surface area (Å²) in [6.07, 6.45) is 3.01. The van der Waals surface area contributed by atoms with E-state index in [-0.39, 0.29) is 5.91 Å². The van der Waals surface area contributed by atoms with E-state index in [0.717, 1.165) is 48.6 Å². The number of benzene rings is 1. The lowest BCUT2D eigenvalue weighted by molar-refractivity contribution is -0.131. The molecule has 0 radical (unpaired) electrons. The van der Waals surface area contributed by atoms with Crippen molar-refractivity contribution in [2.45, 2.75) is 32.6 Å². The van der Waals surface area contributed by atoms with Crippen molar-refractivity contribution in [3.05, 3.63) is 53.2 Å². The van der Waals surface area contributed by atoms with E-state index in [0.29, 0.717) is 12.3 Å². The molecule has 1 amide bonds. The van der Waals surface area contributed by atoms with E-state index < -0.39 is 0 Å². The largest absolute Gasteiger partial charge is 0.352 e. The summed E-state index contributed by atoms with van der Waals surface area (Å²) >= 11 is 1.64. The minimum absolute atomic E-state index is 0.246. The lowest BCUT2D eigenvalue weighted by Gasteiger charge is -2.35. The summed E-state index contributed by atoms with van der Waals surface area (Å²) in [6.45, 7) is 7.53. The molecule has 0 spiro atoms. The number of fused-ring (bicyclic) bond motifs is 1. The summed E-state index contributed by atoms with van der Waals surface area (Å²) in [4.78, 5) is 26.7. The van der Waals surface area contributed by atoms with Crippen LogP contribution in [-0.4, -0.2) is 47.0 Å². The number of aryl methyl sites for hydroxylation is 1. The molecule has 0 unspecified atom stereocenters. The van der Waals surface area contributed by atoms with Gasteiger partial charge in [0.1, 0.15) is 17.0 Å². The maximum absolute atomic E-state index is 12.6. The fraction of sp³-hybridized carbons (Fsp3) is 0.409. The number of carbonyl (C=O) groups is 1. The third-order valence-corrected chi connectivity index (χ3v) is 6.27. The van der Waals surface area contributed by atoms with Gasteiger partial charge in [-0.15, -0.1) is 11.3 Å². The summed E-state index contributed by atoms with van der Waals surface area (Å²) in [6, 6.07) is 10.7. The second-order valence-corrected chi connectivity index (χ2v) is 8.50. The van der Waals surface area contributed by atoms with Gasteiger partial charge in [-0.3, -0.25) is 4.79 Å². The van der Waals surface area contributed by atoms with Gasteiger partial charge in [-0.25, -0.2) is 9.97 Å². The van der Waals surface area contributed by atoms with Gasteiger partial charge in [-0.1, -0.05) is 38.1 Å². The van der Waals surface area contributed by atoms with Gasteiger partial charge < -0.3 is 9.80 Å². The van der Waals surface area contributed by atoms with Crippen molar-refractivity contribution < 1.29 is 4.79 Å². The second kappa shape index (κ2) is 8.27. The van der Waals surface area contributed by atoms with Crippen molar-refractivity contribution in [1.82, 2.24) is 14.9 Å². The molecule has 146 valence electrons. The Morgan fingerprint density at radius 1 is 1.07 bits per heavy atom. The Hall–Kier alpha value is -2.47. The van der Waals surface area contributed by atoms with Gasteiger partial charge in [0, 0.05) is 32.6 Å². The van der Waals surface area contributed by atoms with Crippen molar-refractivity contribution in [3.63, 3.8) is 0 Å². The molecule has 2 aromatic heterocycles. The molecule has 5 nitrogen and oxygen atoms in total. The predicted molar refractivity (Wildman–Crippen MR) is 115 cm³/mol. The van der Waals surface area contributed by atoms with Crippen LogP contribution in [0.4, 0.5) is 5.82 Å². The standard InChI is InChI=1S/C22H26N4OS/c1-16(2)18-6-3-17(4-7-18)5-8-20(27)25-10-12-26(13-11-25)21-19-9-14-28-22(19)24-15-23-21/h3-4,6-7,9,14-16H,5,8,10-13H2,1-2H3. The van der Waals surface area contributed by atoms with Gasteiger partial charge in [0.15, 0.2) is 0 Å². The molecule has 6 heteroatoms. The molecule has 1 saturated heterocycles. The van der Waals surface area contributed by atoms with Crippen LogP contribution in [0.15, 0.2) is 42.0 Å². The first-order chi connectivity index (χ1) is 13.6. The number of rotatable bonds is 5. The monoisotopic (exact) mass is 394 g/mol. The number of amides is 1. The Bertz CT molecular complexity index is 943. The van der Waals surface area contributed by atoms with Crippen molar-refractivity contribution in [3.8, 4) is 0 Å². The van der Waals surface area contributed by atoms with Crippen molar-refractivity contribution >= 4 is 33.3 Å². The lowest BCUT2D eigenvalue weighted by atomic mass is 10.00. The number of piperazine rings is 1. The van der Waals surface area contributed by atoms with E-state index in [9.17, 15) is 4.79 Å². The number of nitrogens with zero attached hydrogens (tertiary/aromatic N) is 4. The van der Waals surface area contributed by atoms with E-state index in [2.05, 4.69) is 64.4 Å². The molecule has 0 N–H and O–H groups in total. The molecule has 3 heterocycles. The van der Waals surface area contributed by atoms with E-state index >= 15 is 0 Å². The van der Waals surface area contributed by atoms with E-state index in [1.54, 1.807) is 17.7 Å². The van der Waals surface area contributed by atoms with Crippen LogP contribution in [0.2, 0.25) is 0 Å². The zero-order valence-corrected chi connectivity index (χ0v) is 17.3. The van der Waals surface area contributed by atoms with E-state index in [1.165, 1.54) is 11.1 Å². The molecule has 1 aliphatic rings.